The van der Waals surface area contributed by atoms with Gasteiger partial charge in [-0.2, -0.15) is 0 Å². The molecular formula is C9H16N2O. The van der Waals surface area contributed by atoms with Gasteiger partial charge in [0, 0.05) is 13.1 Å². The molecule has 12 heavy (non-hydrogen) atoms. The minimum absolute atomic E-state index is 0.115. The van der Waals surface area contributed by atoms with Crippen molar-refractivity contribution in [2.75, 3.05) is 14.1 Å². The fourth-order valence-electron chi connectivity index (χ4n) is 1.49. The first kappa shape index (κ1) is 9.26. The summed E-state index contributed by atoms with van der Waals surface area (Å²) in [6, 6.07) is 0. The number of hydrogen-bond acceptors (Lipinski definition) is 2. The molecular weight excluding hydrogens is 152 g/mol. The van der Waals surface area contributed by atoms with Crippen LogP contribution in [-0.2, 0) is 4.79 Å². The van der Waals surface area contributed by atoms with Gasteiger partial charge in [-0.1, -0.05) is 6.08 Å². The summed E-state index contributed by atoms with van der Waals surface area (Å²) in [5, 5.41) is 0. The Morgan fingerprint density at radius 1 is 1.58 bits per heavy atom. The third-order valence-corrected chi connectivity index (χ3v) is 2.14. The van der Waals surface area contributed by atoms with Crippen LogP contribution in [0.25, 0.3) is 0 Å². The summed E-state index contributed by atoms with van der Waals surface area (Å²) in [7, 11) is 4.00. The highest BCUT2D eigenvalue weighted by Gasteiger charge is 2.22. The van der Waals surface area contributed by atoms with E-state index in [1.54, 1.807) is 11.8 Å². The van der Waals surface area contributed by atoms with Gasteiger partial charge in [0.1, 0.15) is 0 Å². The van der Waals surface area contributed by atoms with Crippen molar-refractivity contribution in [2.24, 2.45) is 0 Å². The zero-order valence-corrected chi connectivity index (χ0v) is 7.95. The number of hydrogen-bond donors (Lipinski definition) is 0. The van der Waals surface area contributed by atoms with Gasteiger partial charge in [-0.05, 0) is 26.9 Å². The molecule has 0 fully saturated rings. The van der Waals surface area contributed by atoms with Crippen molar-refractivity contribution in [1.29, 1.82) is 0 Å². The molecule has 1 amide bonds. The molecule has 1 atom stereocenters. The minimum atomic E-state index is 0.115. The summed E-state index contributed by atoms with van der Waals surface area (Å²) in [5.74, 6) is 0.115. The van der Waals surface area contributed by atoms with Gasteiger partial charge < -0.3 is 4.90 Å². The number of amides is 1. The van der Waals surface area contributed by atoms with E-state index in [1.807, 2.05) is 26.4 Å². The van der Waals surface area contributed by atoms with E-state index >= 15 is 0 Å². The van der Waals surface area contributed by atoms with Crippen LogP contribution in [0.2, 0.25) is 0 Å². The monoisotopic (exact) mass is 168 g/mol. The van der Waals surface area contributed by atoms with Crippen LogP contribution in [0.4, 0.5) is 0 Å². The van der Waals surface area contributed by atoms with Gasteiger partial charge >= 0.3 is 0 Å². The first-order valence-electron chi connectivity index (χ1n) is 4.25. The molecule has 3 nitrogen and oxygen atoms in total. The zero-order chi connectivity index (χ0) is 9.14. The quantitative estimate of drug-likeness (QED) is 0.584. The lowest BCUT2D eigenvalue weighted by Crippen LogP contribution is -2.45. The van der Waals surface area contributed by atoms with Gasteiger partial charge in [0.15, 0.2) is 0 Å². The fraction of sp³-hybridized carbons (Fsp3) is 0.667. The molecule has 1 heterocycles. The summed E-state index contributed by atoms with van der Waals surface area (Å²) in [5.41, 5.74) is 0. The van der Waals surface area contributed by atoms with Crippen LogP contribution in [0.1, 0.15) is 19.8 Å². The Morgan fingerprint density at radius 2 is 2.25 bits per heavy atom. The van der Waals surface area contributed by atoms with Gasteiger partial charge in [-0.15, -0.1) is 0 Å². The molecule has 1 rings (SSSR count). The highest BCUT2D eigenvalue weighted by molar-refractivity contribution is 5.74. The zero-order valence-electron chi connectivity index (χ0n) is 7.95. The van der Waals surface area contributed by atoms with Crippen molar-refractivity contribution >= 4 is 5.91 Å². The Bertz CT molecular complexity index is 199. The van der Waals surface area contributed by atoms with Gasteiger partial charge in [-0.3, -0.25) is 9.69 Å². The lowest BCUT2D eigenvalue weighted by molar-refractivity contribution is -0.131. The summed E-state index contributed by atoms with van der Waals surface area (Å²) < 4.78 is 0. The van der Waals surface area contributed by atoms with Crippen LogP contribution in [-0.4, -0.2) is 36.0 Å². The molecule has 0 aromatic heterocycles. The molecule has 0 saturated heterocycles. The molecule has 0 aliphatic carbocycles. The van der Waals surface area contributed by atoms with Gasteiger partial charge in [0.05, 0.1) is 6.17 Å². The largest absolute Gasteiger partial charge is 0.303 e. The van der Waals surface area contributed by atoms with Crippen molar-refractivity contribution in [3.63, 3.8) is 0 Å². The minimum Gasteiger partial charge on any atom is -0.303 e. The van der Waals surface area contributed by atoms with Crippen LogP contribution in [0.15, 0.2) is 12.3 Å². The molecule has 1 unspecified atom stereocenters. The molecule has 0 aromatic carbocycles. The summed E-state index contributed by atoms with van der Waals surface area (Å²) in [6.45, 7) is 1.60. The van der Waals surface area contributed by atoms with E-state index in [9.17, 15) is 4.79 Å². The first-order chi connectivity index (χ1) is 5.63. The maximum Gasteiger partial charge on any atom is 0.224 e. The van der Waals surface area contributed by atoms with Crippen LogP contribution < -0.4 is 0 Å². The summed E-state index contributed by atoms with van der Waals surface area (Å²) in [4.78, 5) is 15.0. The Morgan fingerprint density at radius 3 is 2.67 bits per heavy atom. The van der Waals surface area contributed by atoms with E-state index in [1.165, 1.54) is 0 Å². The summed E-state index contributed by atoms with van der Waals surface area (Å²) >= 11 is 0. The Balaban J connectivity index is 2.72. The van der Waals surface area contributed by atoms with Gasteiger partial charge in [0.2, 0.25) is 5.91 Å². The predicted molar refractivity (Wildman–Crippen MR) is 48.4 cm³/mol. The van der Waals surface area contributed by atoms with E-state index in [4.69, 9.17) is 0 Å². The Hall–Kier alpha value is -0.830. The third kappa shape index (κ3) is 1.85. The lowest BCUT2D eigenvalue weighted by atomic mass is 10.1. The highest BCUT2D eigenvalue weighted by atomic mass is 16.2. The molecule has 1 aliphatic rings. The second-order valence-corrected chi connectivity index (χ2v) is 3.33. The fourth-order valence-corrected chi connectivity index (χ4v) is 1.49. The second-order valence-electron chi connectivity index (χ2n) is 3.33. The van der Waals surface area contributed by atoms with Crippen molar-refractivity contribution in [3.05, 3.63) is 12.3 Å². The van der Waals surface area contributed by atoms with E-state index in [0.29, 0.717) is 0 Å². The predicted octanol–water partition coefficient (Wildman–Crippen LogP) is 1.03. The number of rotatable bonds is 1. The topological polar surface area (TPSA) is 23.6 Å². The SMILES string of the molecule is CC(=O)N1C=CCCC1N(C)C. The maximum atomic E-state index is 11.2. The van der Waals surface area contributed by atoms with E-state index in [0.717, 1.165) is 12.8 Å². The molecule has 68 valence electrons. The average Bonchev–Trinajstić information content (AvgIpc) is 2.04. The standard InChI is InChI=1S/C9H16N2O/c1-8(12)11-7-5-4-6-9(11)10(2)3/h5,7,9H,4,6H2,1-3H3. The van der Waals surface area contributed by atoms with E-state index in [2.05, 4.69) is 4.90 Å². The van der Waals surface area contributed by atoms with Crippen LogP contribution in [0.5, 0.6) is 0 Å². The Labute approximate surface area is 73.6 Å². The third-order valence-electron chi connectivity index (χ3n) is 2.14. The second kappa shape index (κ2) is 3.72. The molecule has 0 N–H and O–H groups in total. The van der Waals surface area contributed by atoms with Crippen molar-refractivity contribution in [3.8, 4) is 0 Å². The number of nitrogens with zero attached hydrogens (tertiary/aromatic N) is 2. The molecule has 0 bridgehead atoms. The molecule has 0 aromatic rings. The highest BCUT2D eigenvalue weighted by Crippen LogP contribution is 2.16. The Kier molecular flexibility index (Phi) is 2.87. The van der Waals surface area contributed by atoms with Gasteiger partial charge in [-0.25, -0.2) is 0 Å². The van der Waals surface area contributed by atoms with Crippen LogP contribution in [0, 0.1) is 0 Å². The lowest BCUT2D eigenvalue weighted by Gasteiger charge is -2.35. The van der Waals surface area contributed by atoms with E-state index in [-0.39, 0.29) is 12.1 Å². The van der Waals surface area contributed by atoms with Gasteiger partial charge in [0.25, 0.3) is 0 Å². The molecule has 1 aliphatic heterocycles. The normalized spacial score (nSPS) is 23.3. The first-order valence-corrected chi connectivity index (χ1v) is 4.25. The van der Waals surface area contributed by atoms with Crippen LogP contribution in [0.3, 0.4) is 0 Å². The van der Waals surface area contributed by atoms with Crippen molar-refractivity contribution < 1.29 is 4.79 Å². The number of allylic oxidation sites excluding steroid dienone is 1. The van der Waals surface area contributed by atoms with E-state index < -0.39 is 0 Å². The van der Waals surface area contributed by atoms with Crippen molar-refractivity contribution in [2.45, 2.75) is 25.9 Å². The maximum absolute atomic E-state index is 11.2. The van der Waals surface area contributed by atoms with Crippen molar-refractivity contribution in [1.82, 2.24) is 9.80 Å². The average molecular weight is 168 g/mol. The molecule has 3 heteroatoms. The molecule has 0 spiro atoms. The molecule has 0 saturated carbocycles. The van der Waals surface area contributed by atoms with Crippen LogP contribution >= 0.6 is 0 Å². The smallest absolute Gasteiger partial charge is 0.224 e. The summed E-state index contributed by atoms with van der Waals surface area (Å²) in [6.07, 6.45) is 6.26. The number of carbonyl (C=O) groups excluding carboxylic acids is 1. The number of carbonyl (C=O) groups is 1. The molecule has 0 radical (unpaired) electrons.